The van der Waals surface area contributed by atoms with E-state index < -0.39 is 6.10 Å². The monoisotopic (exact) mass is 432 g/mol. The highest BCUT2D eigenvalue weighted by Crippen LogP contribution is 2.24. The molecule has 1 atom stereocenters. The lowest BCUT2D eigenvalue weighted by Gasteiger charge is -2.14. The first-order valence-corrected chi connectivity index (χ1v) is 11.5. The van der Waals surface area contributed by atoms with Gasteiger partial charge in [-0.3, -0.25) is 0 Å². The molecule has 5 nitrogen and oxygen atoms in total. The van der Waals surface area contributed by atoms with Gasteiger partial charge in [-0.15, -0.1) is 0 Å². The smallest absolute Gasteiger partial charge is 0.347 e. The van der Waals surface area contributed by atoms with Gasteiger partial charge in [0, 0.05) is 23.5 Å². The molecule has 5 heteroatoms. The van der Waals surface area contributed by atoms with Gasteiger partial charge in [0.25, 0.3) is 0 Å². The Kier molecular flexibility index (Phi) is 8.79. The Morgan fingerprint density at radius 2 is 1.50 bits per heavy atom. The third-order valence-corrected chi connectivity index (χ3v) is 5.21. The number of aromatic nitrogens is 2. The summed E-state index contributed by atoms with van der Waals surface area (Å²) >= 11 is 0. The third kappa shape index (κ3) is 6.64. The molecule has 168 valence electrons. The first kappa shape index (κ1) is 23.5. The predicted molar refractivity (Wildman–Crippen MR) is 127 cm³/mol. The van der Waals surface area contributed by atoms with E-state index in [9.17, 15) is 4.79 Å². The maximum absolute atomic E-state index is 11.9. The first-order valence-electron chi connectivity index (χ1n) is 11.5. The summed E-state index contributed by atoms with van der Waals surface area (Å²) in [4.78, 5) is 21.0. The summed E-state index contributed by atoms with van der Waals surface area (Å²) in [5, 5.41) is 0. The number of hydrogen-bond acceptors (Lipinski definition) is 5. The van der Waals surface area contributed by atoms with Gasteiger partial charge in [0.05, 0.1) is 6.61 Å². The van der Waals surface area contributed by atoms with E-state index in [4.69, 9.17) is 9.47 Å². The van der Waals surface area contributed by atoms with Crippen LogP contribution in [-0.4, -0.2) is 28.6 Å². The highest BCUT2D eigenvalue weighted by molar-refractivity contribution is 5.74. The van der Waals surface area contributed by atoms with Crippen LogP contribution in [0.5, 0.6) is 5.75 Å². The molecular weight excluding hydrogens is 400 g/mol. The van der Waals surface area contributed by atoms with Crippen molar-refractivity contribution in [2.75, 3.05) is 6.61 Å². The molecule has 0 bridgehead atoms. The number of nitrogens with zero attached hydrogens (tertiary/aromatic N) is 2. The van der Waals surface area contributed by atoms with Gasteiger partial charge in [0.15, 0.2) is 11.9 Å². The molecule has 0 amide bonds. The SMILES string of the molecule is CCCCCc1ccc(-c2ncc(-c3ccc(OC(C)C(=O)OCCC)cc3)cn2)cc1. The lowest BCUT2D eigenvalue weighted by molar-refractivity contribution is -0.151. The second-order valence-corrected chi connectivity index (χ2v) is 7.90. The second-order valence-electron chi connectivity index (χ2n) is 7.90. The quantitative estimate of drug-likeness (QED) is 0.264. The fourth-order valence-corrected chi connectivity index (χ4v) is 3.32. The minimum atomic E-state index is -0.645. The highest BCUT2D eigenvalue weighted by Gasteiger charge is 2.16. The summed E-state index contributed by atoms with van der Waals surface area (Å²) < 4.78 is 10.8. The molecule has 32 heavy (non-hydrogen) atoms. The fourth-order valence-electron chi connectivity index (χ4n) is 3.32. The van der Waals surface area contributed by atoms with Crippen LogP contribution in [0.1, 0.15) is 52.0 Å². The molecule has 0 aliphatic heterocycles. The standard InChI is InChI=1S/C27H32N2O3/c1-4-6-7-8-21-9-11-23(12-10-21)26-28-18-24(19-29-26)22-13-15-25(16-14-22)32-20(3)27(30)31-17-5-2/h9-16,18-20H,4-8,17H2,1-3H3. The van der Waals surface area contributed by atoms with Crippen LogP contribution >= 0.6 is 0 Å². The van der Waals surface area contributed by atoms with Gasteiger partial charge >= 0.3 is 5.97 Å². The molecule has 3 rings (SSSR count). The zero-order valence-corrected chi connectivity index (χ0v) is 19.2. The summed E-state index contributed by atoms with van der Waals surface area (Å²) in [7, 11) is 0. The topological polar surface area (TPSA) is 61.3 Å². The summed E-state index contributed by atoms with van der Waals surface area (Å²) in [6.07, 6.45) is 8.66. The molecule has 2 aromatic carbocycles. The number of carbonyl (C=O) groups is 1. The Labute approximate surface area is 190 Å². The van der Waals surface area contributed by atoms with Crippen molar-refractivity contribution in [3.63, 3.8) is 0 Å². The molecule has 0 saturated carbocycles. The van der Waals surface area contributed by atoms with Gasteiger partial charge in [-0.2, -0.15) is 0 Å². The van der Waals surface area contributed by atoms with Crippen LogP contribution in [0.15, 0.2) is 60.9 Å². The molecule has 3 aromatic rings. The molecule has 0 fully saturated rings. The molecule has 1 unspecified atom stereocenters. The normalized spacial score (nSPS) is 11.7. The van der Waals surface area contributed by atoms with Crippen LogP contribution in [0.25, 0.3) is 22.5 Å². The van der Waals surface area contributed by atoms with E-state index in [1.165, 1.54) is 24.8 Å². The largest absolute Gasteiger partial charge is 0.479 e. The number of hydrogen-bond donors (Lipinski definition) is 0. The molecule has 0 N–H and O–H groups in total. The van der Waals surface area contributed by atoms with Crippen molar-refractivity contribution < 1.29 is 14.3 Å². The van der Waals surface area contributed by atoms with Crippen molar-refractivity contribution in [2.24, 2.45) is 0 Å². The summed E-state index contributed by atoms with van der Waals surface area (Å²) in [6.45, 7) is 6.28. The summed E-state index contributed by atoms with van der Waals surface area (Å²) in [5.74, 6) is 0.980. The predicted octanol–water partition coefficient (Wildman–Crippen LogP) is 6.26. The van der Waals surface area contributed by atoms with Crippen LogP contribution in [-0.2, 0) is 16.0 Å². The number of benzene rings is 2. The average molecular weight is 433 g/mol. The van der Waals surface area contributed by atoms with E-state index >= 15 is 0 Å². The van der Waals surface area contributed by atoms with E-state index in [-0.39, 0.29) is 5.97 Å². The van der Waals surface area contributed by atoms with Crippen LogP contribution in [0.3, 0.4) is 0 Å². The highest BCUT2D eigenvalue weighted by atomic mass is 16.6. The molecule has 1 heterocycles. The van der Waals surface area contributed by atoms with Crippen LogP contribution in [0.2, 0.25) is 0 Å². The Morgan fingerprint density at radius 1 is 0.844 bits per heavy atom. The van der Waals surface area contributed by atoms with Crippen molar-refractivity contribution in [1.29, 1.82) is 0 Å². The minimum absolute atomic E-state index is 0.353. The Bertz CT molecular complexity index is 967. The molecular formula is C27H32N2O3. The molecule has 0 aliphatic carbocycles. The maximum atomic E-state index is 11.9. The van der Waals surface area contributed by atoms with E-state index in [0.717, 1.165) is 29.5 Å². The summed E-state index contributed by atoms with van der Waals surface area (Å²) in [6, 6.07) is 16.1. The first-order chi connectivity index (χ1) is 15.6. The molecule has 0 radical (unpaired) electrons. The van der Waals surface area contributed by atoms with E-state index in [1.54, 1.807) is 6.92 Å². The number of aryl methyl sites for hydroxylation is 1. The molecule has 1 aromatic heterocycles. The second kappa shape index (κ2) is 12.0. The van der Waals surface area contributed by atoms with Gasteiger partial charge in [-0.1, -0.05) is 63.1 Å². The van der Waals surface area contributed by atoms with Crippen LogP contribution in [0, 0.1) is 0 Å². The van der Waals surface area contributed by atoms with Crippen molar-refractivity contribution in [2.45, 2.75) is 59.0 Å². The Hall–Kier alpha value is -3.21. The fraction of sp³-hybridized carbons (Fsp3) is 0.370. The van der Waals surface area contributed by atoms with Gasteiger partial charge < -0.3 is 9.47 Å². The minimum Gasteiger partial charge on any atom is -0.479 e. The molecule has 0 saturated heterocycles. The van der Waals surface area contributed by atoms with Gasteiger partial charge in [-0.25, -0.2) is 14.8 Å². The Morgan fingerprint density at radius 3 is 2.12 bits per heavy atom. The van der Waals surface area contributed by atoms with Gasteiger partial charge in [-0.05, 0) is 49.4 Å². The number of rotatable bonds is 11. The van der Waals surface area contributed by atoms with Crippen molar-refractivity contribution >= 4 is 5.97 Å². The number of esters is 1. The van der Waals surface area contributed by atoms with Crippen molar-refractivity contribution in [3.8, 4) is 28.3 Å². The third-order valence-electron chi connectivity index (χ3n) is 5.21. The number of unbranched alkanes of at least 4 members (excludes halogenated alkanes) is 2. The zero-order chi connectivity index (χ0) is 22.8. The summed E-state index contributed by atoms with van der Waals surface area (Å²) in [5.41, 5.74) is 4.28. The lowest BCUT2D eigenvalue weighted by atomic mass is 10.0. The van der Waals surface area contributed by atoms with Crippen molar-refractivity contribution in [1.82, 2.24) is 9.97 Å². The van der Waals surface area contributed by atoms with Gasteiger partial charge in [0.2, 0.25) is 0 Å². The number of carbonyl (C=O) groups excluding carboxylic acids is 1. The zero-order valence-electron chi connectivity index (χ0n) is 19.2. The maximum Gasteiger partial charge on any atom is 0.347 e. The molecule has 0 spiro atoms. The number of ether oxygens (including phenoxy) is 2. The van der Waals surface area contributed by atoms with Gasteiger partial charge in [0.1, 0.15) is 5.75 Å². The molecule has 0 aliphatic rings. The Balaban J connectivity index is 1.60. The van der Waals surface area contributed by atoms with E-state index in [0.29, 0.717) is 18.2 Å². The van der Waals surface area contributed by atoms with E-state index in [1.807, 2.05) is 43.6 Å². The average Bonchev–Trinajstić information content (AvgIpc) is 2.84. The van der Waals surface area contributed by atoms with Crippen molar-refractivity contribution in [3.05, 3.63) is 66.5 Å². The van der Waals surface area contributed by atoms with Crippen LogP contribution in [0.4, 0.5) is 0 Å². The van der Waals surface area contributed by atoms with Crippen LogP contribution < -0.4 is 4.74 Å². The van der Waals surface area contributed by atoms with E-state index in [2.05, 4.69) is 41.2 Å². The lowest BCUT2D eigenvalue weighted by Crippen LogP contribution is -2.26.